The summed E-state index contributed by atoms with van der Waals surface area (Å²) >= 11 is 3.18. The summed E-state index contributed by atoms with van der Waals surface area (Å²) in [5.41, 5.74) is 2.07. The molecule has 3 aromatic rings. The van der Waals surface area contributed by atoms with Crippen LogP contribution in [0.1, 0.15) is 34.4 Å². The van der Waals surface area contributed by atoms with Crippen molar-refractivity contribution in [3.8, 4) is 0 Å². The maximum Gasteiger partial charge on any atom is 0.160 e. The van der Waals surface area contributed by atoms with Gasteiger partial charge in [-0.1, -0.05) is 24.3 Å². The molecule has 5 rings (SSSR count). The maximum atomic E-state index is 11.8. The zero-order chi connectivity index (χ0) is 22.6. The predicted molar refractivity (Wildman–Crippen MR) is 133 cm³/mol. The molecule has 0 fully saturated rings. The number of H-pyrrole nitrogens is 1. The van der Waals surface area contributed by atoms with Crippen LogP contribution in [0.2, 0.25) is 0 Å². The Kier molecular flexibility index (Phi) is 6.19. The Balaban J connectivity index is 1.37. The average Bonchev–Trinajstić information content (AvgIpc) is 3.64. The molecule has 0 bridgehead atoms. The Morgan fingerprint density at radius 3 is 2.00 bits per heavy atom. The molecule has 2 aliphatic rings. The van der Waals surface area contributed by atoms with Crippen molar-refractivity contribution in [2.75, 3.05) is 9.80 Å². The fourth-order valence-electron chi connectivity index (χ4n) is 4.04. The van der Waals surface area contributed by atoms with Gasteiger partial charge in [-0.25, -0.2) is 0 Å². The van der Waals surface area contributed by atoms with Crippen LogP contribution in [0, 0.1) is 0 Å². The quantitative estimate of drug-likeness (QED) is 0.423. The van der Waals surface area contributed by atoms with Crippen LogP contribution in [0.25, 0.3) is 0 Å². The fraction of sp³-hybridized carbons (Fsp3) is 0.160. The van der Waals surface area contributed by atoms with Crippen molar-refractivity contribution < 1.29 is 9.59 Å². The molecule has 0 saturated carbocycles. The van der Waals surface area contributed by atoms with Crippen molar-refractivity contribution in [3.63, 3.8) is 0 Å². The van der Waals surface area contributed by atoms with Gasteiger partial charge in [0.15, 0.2) is 5.82 Å². The van der Waals surface area contributed by atoms with Crippen LogP contribution in [-0.2, 0) is 9.59 Å². The topological polar surface area (TPSA) is 69.3 Å². The van der Waals surface area contributed by atoms with Crippen molar-refractivity contribution in [1.82, 2.24) is 10.2 Å². The largest absolute Gasteiger partial charge is 0.309 e. The van der Waals surface area contributed by atoms with Gasteiger partial charge in [-0.2, -0.15) is 5.10 Å². The summed E-state index contributed by atoms with van der Waals surface area (Å²) in [6, 6.07) is 9.88. The Morgan fingerprint density at radius 1 is 0.879 bits per heavy atom. The zero-order valence-electron chi connectivity index (χ0n) is 17.7. The van der Waals surface area contributed by atoms with E-state index in [1.807, 2.05) is 81.8 Å². The first kappa shape index (κ1) is 21.4. The lowest BCUT2D eigenvalue weighted by molar-refractivity contribution is -0.109. The van der Waals surface area contributed by atoms with Crippen LogP contribution < -0.4 is 9.80 Å². The number of allylic oxidation sites excluding steroid dienone is 4. The second-order valence-electron chi connectivity index (χ2n) is 7.77. The smallest absolute Gasteiger partial charge is 0.160 e. The van der Waals surface area contributed by atoms with E-state index in [4.69, 9.17) is 0 Å². The monoisotopic (exact) mass is 474 g/mol. The third-order valence-electron chi connectivity index (χ3n) is 5.71. The molecule has 5 heterocycles. The standard InChI is InChI=1S/C25H22N4O2S2/c30-16-20(22-7-3-11-32-22)18-5-1-9-28(14-18)24-13-25(27-26-24)29-10-2-6-19(15-29)21(17-31)23-8-4-12-33-23/h1-4,7-17,20-21H,5-6H2,(H,26,27). The number of carbonyl (C=O) groups is 2. The highest BCUT2D eigenvalue weighted by molar-refractivity contribution is 7.10. The van der Waals surface area contributed by atoms with Gasteiger partial charge in [0.25, 0.3) is 0 Å². The van der Waals surface area contributed by atoms with Crippen molar-refractivity contribution >= 4 is 46.9 Å². The Labute approximate surface area is 199 Å². The Bertz CT molecular complexity index is 1140. The van der Waals surface area contributed by atoms with Crippen molar-refractivity contribution in [2.45, 2.75) is 24.7 Å². The van der Waals surface area contributed by atoms with Crippen LogP contribution in [0.3, 0.4) is 0 Å². The molecule has 33 heavy (non-hydrogen) atoms. The summed E-state index contributed by atoms with van der Waals surface area (Å²) in [6.45, 7) is 0. The first-order chi connectivity index (χ1) is 16.3. The first-order valence-electron chi connectivity index (χ1n) is 10.6. The summed E-state index contributed by atoms with van der Waals surface area (Å²) in [7, 11) is 0. The van der Waals surface area contributed by atoms with E-state index in [1.54, 1.807) is 22.7 Å². The third kappa shape index (κ3) is 4.40. The Morgan fingerprint density at radius 2 is 1.45 bits per heavy atom. The highest BCUT2D eigenvalue weighted by Gasteiger charge is 2.22. The Hall–Kier alpha value is -3.49. The van der Waals surface area contributed by atoms with Gasteiger partial charge >= 0.3 is 0 Å². The molecule has 0 spiro atoms. The number of hydrogen-bond acceptors (Lipinski definition) is 7. The van der Waals surface area contributed by atoms with Gasteiger partial charge in [-0.15, -0.1) is 22.7 Å². The van der Waals surface area contributed by atoms with Gasteiger partial charge in [0, 0.05) is 40.6 Å². The summed E-state index contributed by atoms with van der Waals surface area (Å²) < 4.78 is 0. The first-order valence-corrected chi connectivity index (χ1v) is 12.4. The van der Waals surface area contributed by atoms with E-state index in [0.717, 1.165) is 58.0 Å². The number of carbonyl (C=O) groups excluding carboxylic acids is 2. The molecule has 2 aliphatic heterocycles. The normalized spacial score (nSPS) is 17.5. The lowest BCUT2D eigenvalue weighted by Crippen LogP contribution is -2.16. The molecule has 3 aromatic heterocycles. The van der Waals surface area contributed by atoms with Crippen molar-refractivity contribution in [2.24, 2.45) is 0 Å². The molecule has 0 saturated heterocycles. The molecule has 0 aromatic carbocycles. The molecule has 1 N–H and O–H groups in total. The second kappa shape index (κ2) is 9.56. The summed E-state index contributed by atoms with van der Waals surface area (Å²) in [4.78, 5) is 29.6. The molecular weight excluding hydrogens is 452 g/mol. The van der Waals surface area contributed by atoms with E-state index in [0.29, 0.717) is 0 Å². The van der Waals surface area contributed by atoms with Crippen molar-refractivity contribution in [1.29, 1.82) is 0 Å². The van der Waals surface area contributed by atoms with Gasteiger partial charge in [-0.3, -0.25) is 5.10 Å². The third-order valence-corrected chi connectivity index (χ3v) is 7.62. The number of anilines is 2. The minimum Gasteiger partial charge on any atom is -0.309 e. The molecule has 0 aliphatic carbocycles. The van der Waals surface area contributed by atoms with E-state index in [2.05, 4.69) is 16.3 Å². The van der Waals surface area contributed by atoms with Gasteiger partial charge in [0.05, 0.1) is 11.8 Å². The van der Waals surface area contributed by atoms with Gasteiger partial charge in [-0.05, 0) is 46.9 Å². The maximum absolute atomic E-state index is 11.8. The fourth-order valence-corrected chi connectivity index (χ4v) is 5.69. The van der Waals surface area contributed by atoms with Crippen LogP contribution in [0.4, 0.5) is 11.6 Å². The number of nitrogens with one attached hydrogen (secondary N) is 1. The number of rotatable bonds is 8. The molecule has 2 atom stereocenters. The van der Waals surface area contributed by atoms with E-state index < -0.39 is 0 Å². The highest BCUT2D eigenvalue weighted by atomic mass is 32.1. The number of aldehydes is 2. The molecular formula is C25H22N4O2S2. The van der Waals surface area contributed by atoms with E-state index in [-0.39, 0.29) is 11.8 Å². The summed E-state index contributed by atoms with van der Waals surface area (Å²) in [6.07, 6.45) is 15.5. The van der Waals surface area contributed by atoms with Crippen LogP contribution >= 0.6 is 22.7 Å². The minimum absolute atomic E-state index is 0.243. The lowest BCUT2D eigenvalue weighted by Gasteiger charge is -2.23. The summed E-state index contributed by atoms with van der Waals surface area (Å²) in [5, 5.41) is 11.6. The van der Waals surface area contributed by atoms with Crippen LogP contribution in [-0.4, -0.2) is 22.8 Å². The predicted octanol–water partition coefficient (Wildman–Crippen LogP) is 5.71. The van der Waals surface area contributed by atoms with E-state index >= 15 is 0 Å². The highest BCUT2D eigenvalue weighted by Crippen LogP contribution is 2.34. The van der Waals surface area contributed by atoms with Gasteiger partial charge < -0.3 is 19.4 Å². The minimum atomic E-state index is -0.246. The molecule has 8 heteroatoms. The lowest BCUT2D eigenvalue weighted by atomic mass is 9.95. The van der Waals surface area contributed by atoms with Crippen molar-refractivity contribution in [3.05, 3.63) is 98.9 Å². The number of aromatic nitrogens is 2. The number of thiophene rings is 2. The molecule has 0 radical (unpaired) electrons. The number of aromatic amines is 1. The van der Waals surface area contributed by atoms with E-state index in [9.17, 15) is 9.59 Å². The van der Waals surface area contributed by atoms with Crippen LogP contribution in [0.5, 0.6) is 0 Å². The second-order valence-corrected chi connectivity index (χ2v) is 9.73. The van der Waals surface area contributed by atoms with Gasteiger partial charge in [0.2, 0.25) is 0 Å². The van der Waals surface area contributed by atoms with Gasteiger partial charge in [0.1, 0.15) is 18.4 Å². The molecule has 6 nitrogen and oxygen atoms in total. The average molecular weight is 475 g/mol. The van der Waals surface area contributed by atoms with E-state index in [1.165, 1.54) is 0 Å². The molecule has 2 unspecified atom stereocenters. The number of hydrogen-bond donors (Lipinski definition) is 1. The zero-order valence-corrected chi connectivity index (χ0v) is 19.3. The summed E-state index contributed by atoms with van der Waals surface area (Å²) in [5.74, 6) is 1.04. The molecule has 0 amide bonds. The van der Waals surface area contributed by atoms with Crippen LogP contribution in [0.15, 0.2) is 89.2 Å². The number of nitrogens with zero attached hydrogens (tertiary/aromatic N) is 3. The molecule has 166 valence electrons. The SMILES string of the molecule is O=CC(C1=CN(c2cc(N3C=CCC(C(C=O)c4cccs4)=C3)[nH]n2)C=CC1)c1cccs1.